The standard InChI is InChI=1S/C7H11NO/c1-3-6(2)7-4-5-9-8-7/h4-6H,3H2,1-2H3. The minimum atomic E-state index is 0.531. The molecule has 1 rings (SSSR count). The summed E-state index contributed by atoms with van der Waals surface area (Å²) in [5, 5.41) is 3.81. The van der Waals surface area contributed by atoms with Gasteiger partial charge in [0.05, 0.1) is 5.69 Å². The van der Waals surface area contributed by atoms with Gasteiger partial charge in [0, 0.05) is 12.0 Å². The van der Waals surface area contributed by atoms with Gasteiger partial charge >= 0.3 is 0 Å². The molecule has 0 aromatic carbocycles. The Kier molecular flexibility index (Phi) is 1.88. The lowest BCUT2D eigenvalue weighted by molar-refractivity contribution is 0.406. The highest BCUT2D eigenvalue weighted by molar-refractivity contribution is 5.01. The van der Waals surface area contributed by atoms with E-state index in [1.54, 1.807) is 6.26 Å². The summed E-state index contributed by atoms with van der Waals surface area (Å²) < 4.78 is 4.69. The molecule has 0 N–H and O–H groups in total. The van der Waals surface area contributed by atoms with E-state index in [0.717, 1.165) is 12.1 Å². The number of hydrogen-bond donors (Lipinski definition) is 0. The van der Waals surface area contributed by atoms with Gasteiger partial charge in [0.2, 0.25) is 0 Å². The van der Waals surface area contributed by atoms with Crippen molar-refractivity contribution in [1.29, 1.82) is 0 Å². The third-order valence-electron chi connectivity index (χ3n) is 1.58. The number of rotatable bonds is 2. The van der Waals surface area contributed by atoms with Crippen molar-refractivity contribution in [2.75, 3.05) is 0 Å². The van der Waals surface area contributed by atoms with Crippen LogP contribution >= 0.6 is 0 Å². The summed E-state index contributed by atoms with van der Waals surface area (Å²) in [7, 11) is 0. The minimum absolute atomic E-state index is 0.531. The summed E-state index contributed by atoms with van der Waals surface area (Å²) in [5.41, 5.74) is 1.05. The van der Waals surface area contributed by atoms with E-state index in [2.05, 4.69) is 23.5 Å². The Morgan fingerprint density at radius 3 is 3.00 bits per heavy atom. The quantitative estimate of drug-likeness (QED) is 0.605. The fraction of sp³-hybridized carbons (Fsp3) is 0.571. The molecule has 1 atom stereocenters. The van der Waals surface area contributed by atoms with Crippen LogP contribution in [0.1, 0.15) is 31.9 Å². The van der Waals surface area contributed by atoms with Crippen LogP contribution in [0.2, 0.25) is 0 Å². The van der Waals surface area contributed by atoms with Crippen molar-refractivity contribution in [3.8, 4) is 0 Å². The van der Waals surface area contributed by atoms with Gasteiger partial charge in [-0.05, 0) is 6.42 Å². The van der Waals surface area contributed by atoms with Gasteiger partial charge < -0.3 is 4.52 Å². The van der Waals surface area contributed by atoms with Crippen molar-refractivity contribution in [3.05, 3.63) is 18.0 Å². The first kappa shape index (κ1) is 6.33. The molecule has 2 heteroatoms. The highest BCUT2D eigenvalue weighted by Crippen LogP contribution is 2.14. The predicted molar refractivity (Wildman–Crippen MR) is 35.2 cm³/mol. The fourth-order valence-electron chi connectivity index (χ4n) is 0.685. The van der Waals surface area contributed by atoms with Crippen molar-refractivity contribution in [1.82, 2.24) is 5.16 Å². The molecule has 0 aliphatic carbocycles. The van der Waals surface area contributed by atoms with Crippen molar-refractivity contribution in [2.24, 2.45) is 0 Å². The Bertz CT molecular complexity index is 157. The Morgan fingerprint density at radius 2 is 2.56 bits per heavy atom. The Morgan fingerprint density at radius 1 is 1.78 bits per heavy atom. The number of hydrogen-bond acceptors (Lipinski definition) is 2. The first-order valence-corrected chi connectivity index (χ1v) is 3.25. The number of nitrogens with zero attached hydrogens (tertiary/aromatic N) is 1. The zero-order chi connectivity index (χ0) is 6.69. The molecule has 0 fully saturated rings. The summed E-state index contributed by atoms with van der Waals surface area (Å²) in [5.74, 6) is 0.531. The van der Waals surface area contributed by atoms with Gasteiger partial charge in [-0.1, -0.05) is 19.0 Å². The van der Waals surface area contributed by atoms with Gasteiger partial charge in [-0.3, -0.25) is 0 Å². The van der Waals surface area contributed by atoms with Crippen molar-refractivity contribution in [2.45, 2.75) is 26.2 Å². The molecule has 1 unspecified atom stereocenters. The fourth-order valence-corrected chi connectivity index (χ4v) is 0.685. The predicted octanol–water partition coefficient (Wildman–Crippen LogP) is 2.19. The van der Waals surface area contributed by atoms with Gasteiger partial charge in [-0.25, -0.2) is 0 Å². The zero-order valence-electron chi connectivity index (χ0n) is 5.79. The highest BCUT2D eigenvalue weighted by Gasteiger charge is 2.03. The zero-order valence-corrected chi connectivity index (χ0v) is 5.79. The van der Waals surface area contributed by atoms with Gasteiger partial charge in [0.15, 0.2) is 0 Å². The first-order valence-electron chi connectivity index (χ1n) is 3.25. The number of aromatic nitrogens is 1. The maximum Gasteiger partial charge on any atom is 0.124 e. The summed E-state index contributed by atoms with van der Waals surface area (Å²) in [6, 6.07) is 1.91. The van der Waals surface area contributed by atoms with Gasteiger partial charge in [-0.15, -0.1) is 0 Å². The molecule has 0 spiro atoms. The molecule has 0 saturated heterocycles. The van der Waals surface area contributed by atoms with E-state index in [1.165, 1.54) is 0 Å². The van der Waals surface area contributed by atoms with Gasteiger partial charge in [0.25, 0.3) is 0 Å². The third-order valence-corrected chi connectivity index (χ3v) is 1.58. The van der Waals surface area contributed by atoms with E-state index >= 15 is 0 Å². The second kappa shape index (κ2) is 2.67. The minimum Gasteiger partial charge on any atom is -0.365 e. The average molecular weight is 125 g/mol. The van der Waals surface area contributed by atoms with Crippen molar-refractivity contribution in [3.63, 3.8) is 0 Å². The van der Waals surface area contributed by atoms with Crippen LogP contribution < -0.4 is 0 Å². The third kappa shape index (κ3) is 1.31. The van der Waals surface area contributed by atoms with E-state index in [4.69, 9.17) is 0 Å². The molecular weight excluding hydrogens is 114 g/mol. The van der Waals surface area contributed by atoms with Gasteiger partial charge in [0.1, 0.15) is 6.26 Å². The smallest absolute Gasteiger partial charge is 0.124 e. The monoisotopic (exact) mass is 125 g/mol. The van der Waals surface area contributed by atoms with E-state index in [-0.39, 0.29) is 0 Å². The van der Waals surface area contributed by atoms with Crippen LogP contribution in [0.4, 0.5) is 0 Å². The molecule has 0 radical (unpaired) electrons. The lowest BCUT2D eigenvalue weighted by Gasteiger charge is -1.99. The molecule has 0 amide bonds. The van der Waals surface area contributed by atoms with E-state index < -0.39 is 0 Å². The lowest BCUT2D eigenvalue weighted by Crippen LogP contribution is -1.89. The Labute approximate surface area is 54.9 Å². The van der Waals surface area contributed by atoms with Crippen LogP contribution in [-0.4, -0.2) is 5.16 Å². The first-order chi connectivity index (χ1) is 4.34. The molecule has 0 aliphatic rings. The SMILES string of the molecule is CCC(C)c1ccon1. The van der Waals surface area contributed by atoms with Crippen LogP contribution in [0.5, 0.6) is 0 Å². The maximum absolute atomic E-state index is 4.69. The summed E-state index contributed by atoms with van der Waals surface area (Å²) >= 11 is 0. The molecule has 0 aliphatic heterocycles. The normalized spacial score (nSPS) is 13.6. The molecule has 0 bridgehead atoms. The maximum atomic E-state index is 4.69. The van der Waals surface area contributed by atoms with Crippen molar-refractivity contribution >= 4 is 0 Å². The van der Waals surface area contributed by atoms with E-state index in [1.807, 2.05) is 6.07 Å². The molecule has 1 aromatic rings. The lowest BCUT2D eigenvalue weighted by atomic mass is 10.1. The summed E-state index contributed by atoms with van der Waals surface area (Å²) in [6.07, 6.45) is 2.73. The Balaban J connectivity index is 2.65. The second-order valence-corrected chi connectivity index (χ2v) is 2.23. The summed E-state index contributed by atoms with van der Waals surface area (Å²) in [4.78, 5) is 0. The summed E-state index contributed by atoms with van der Waals surface area (Å²) in [6.45, 7) is 4.28. The molecule has 2 nitrogen and oxygen atoms in total. The molecule has 50 valence electrons. The Hall–Kier alpha value is -0.790. The average Bonchev–Trinajstić information content (AvgIpc) is 2.37. The van der Waals surface area contributed by atoms with E-state index in [0.29, 0.717) is 5.92 Å². The highest BCUT2D eigenvalue weighted by atomic mass is 16.5. The van der Waals surface area contributed by atoms with E-state index in [9.17, 15) is 0 Å². The van der Waals surface area contributed by atoms with Crippen LogP contribution in [0.25, 0.3) is 0 Å². The van der Waals surface area contributed by atoms with Crippen LogP contribution in [0.3, 0.4) is 0 Å². The molecular formula is C7H11NO. The molecule has 1 heterocycles. The topological polar surface area (TPSA) is 26.0 Å². The van der Waals surface area contributed by atoms with Crippen LogP contribution in [0, 0.1) is 0 Å². The molecule has 9 heavy (non-hydrogen) atoms. The largest absolute Gasteiger partial charge is 0.365 e. The van der Waals surface area contributed by atoms with Crippen molar-refractivity contribution < 1.29 is 4.52 Å². The van der Waals surface area contributed by atoms with Crippen LogP contribution in [-0.2, 0) is 0 Å². The van der Waals surface area contributed by atoms with Crippen LogP contribution in [0.15, 0.2) is 16.9 Å². The van der Waals surface area contributed by atoms with Gasteiger partial charge in [-0.2, -0.15) is 0 Å². The molecule has 0 saturated carbocycles. The molecule has 1 aromatic heterocycles. The second-order valence-electron chi connectivity index (χ2n) is 2.23.